The summed E-state index contributed by atoms with van der Waals surface area (Å²) in [6, 6.07) is 6.04. The molecule has 1 aromatic carbocycles. The van der Waals surface area contributed by atoms with Gasteiger partial charge in [-0.25, -0.2) is 0 Å². The van der Waals surface area contributed by atoms with E-state index in [1.807, 2.05) is 18.2 Å². The molecule has 0 aromatic heterocycles. The first-order valence-electron chi connectivity index (χ1n) is 6.15. The van der Waals surface area contributed by atoms with Gasteiger partial charge in [0.05, 0.1) is 13.2 Å². The van der Waals surface area contributed by atoms with Gasteiger partial charge in [0.15, 0.2) is 11.5 Å². The fraction of sp³-hybridized carbons (Fsp3) is 0.467. The second kappa shape index (κ2) is 7.00. The molecule has 0 amide bonds. The lowest BCUT2D eigenvalue weighted by molar-refractivity contribution is 0.201. The van der Waals surface area contributed by atoms with Gasteiger partial charge < -0.3 is 9.47 Å². The number of hydrogen-bond acceptors (Lipinski definition) is 2. The van der Waals surface area contributed by atoms with Gasteiger partial charge in [-0.2, -0.15) is 0 Å². The van der Waals surface area contributed by atoms with Crippen molar-refractivity contribution in [1.82, 2.24) is 0 Å². The highest BCUT2D eigenvalue weighted by Crippen LogP contribution is 2.29. The molecule has 0 aliphatic carbocycles. The molecule has 0 N–H and O–H groups in total. The van der Waals surface area contributed by atoms with Crippen LogP contribution in [0, 0.1) is 0 Å². The molecule has 1 aromatic rings. The van der Waals surface area contributed by atoms with Crippen molar-refractivity contribution in [2.75, 3.05) is 7.11 Å². The van der Waals surface area contributed by atoms with Gasteiger partial charge >= 0.3 is 0 Å². The molecule has 94 valence electrons. The third-order valence-corrected chi connectivity index (χ3v) is 2.63. The third kappa shape index (κ3) is 4.14. The Morgan fingerprint density at radius 1 is 1.35 bits per heavy atom. The van der Waals surface area contributed by atoms with Gasteiger partial charge in [-0.05, 0) is 37.5 Å². The number of benzene rings is 1. The molecule has 0 spiro atoms. The van der Waals surface area contributed by atoms with Crippen LogP contribution < -0.4 is 9.47 Å². The van der Waals surface area contributed by atoms with Gasteiger partial charge in [0, 0.05) is 0 Å². The van der Waals surface area contributed by atoms with E-state index in [0.29, 0.717) is 0 Å². The maximum absolute atomic E-state index is 5.86. The fourth-order valence-electron chi connectivity index (χ4n) is 1.79. The summed E-state index contributed by atoms with van der Waals surface area (Å²) in [5, 5.41) is 0. The van der Waals surface area contributed by atoms with E-state index in [1.54, 1.807) is 7.11 Å². The van der Waals surface area contributed by atoms with E-state index in [0.717, 1.165) is 30.8 Å². The Morgan fingerprint density at radius 3 is 2.71 bits per heavy atom. The molecule has 0 aliphatic rings. The average molecular weight is 234 g/mol. The lowest BCUT2D eigenvalue weighted by Gasteiger charge is -2.16. The Labute approximate surface area is 104 Å². The highest BCUT2D eigenvalue weighted by Gasteiger charge is 2.09. The first-order chi connectivity index (χ1) is 8.21. The van der Waals surface area contributed by atoms with Gasteiger partial charge in [0.2, 0.25) is 0 Å². The molecule has 2 heteroatoms. The van der Waals surface area contributed by atoms with Crippen LogP contribution in [0.1, 0.15) is 32.3 Å². The van der Waals surface area contributed by atoms with Crippen molar-refractivity contribution in [2.24, 2.45) is 0 Å². The predicted molar refractivity (Wildman–Crippen MR) is 71.9 cm³/mol. The molecule has 0 fully saturated rings. The van der Waals surface area contributed by atoms with E-state index in [9.17, 15) is 0 Å². The zero-order chi connectivity index (χ0) is 12.7. The number of allylic oxidation sites excluding steroid dienone is 1. The number of ether oxygens (including phenoxy) is 2. The SMILES string of the molecule is C=CCc1ccc(OC(C)CCC)c(OC)c1. The first-order valence-corrected chi connectivity index (χ1v) is 6.15. The number of hydrogen-bond donors (Lipinski definition) is 0. The maximum atomic E-state index is 5.86. The van der Waals surface area contributed by atoms with Crippen molar-refractivity contribution < 1.29 is 9.47 Å². The van der Waals surface area contributed by atoms with E-state index < -0.39 is 0 Å². The van der Waals surface area contributed by atoms with Crippen molar-refractivity contribution >= 4 is 0 Å². The monoisotopic (exact) mass is 234 g/mol. The molecule has 0 bridgehead atoms. The average Bonchev–Trinajstić information content (AvgIpc) is 2.31. The van der Waals surface area contributed by atoms with Crippen LogP contribution in [0.3, 0.4) is 0 Å². The second-order valence-corrected chi connectivity index (χ2v) is 4.20. The van der Waals surface area contributed by atoms with Crippen LogP contribution in [0.15, 0.2) is 30.9 Å². The summed E-state index contributed by atoms with van der Waals surface area (Å²) >= 11 is 0. The molecule has 0 saturated heterocycles. The summed E-state index contributed by atoms with van der Waals surface area (Å²) in [5.74, 6) is 1.62. The highest BCUT2D eigenvalue weighted by molar-refractivity contribution is 5.43. The normalized spacial score (nSPS) is 11.9. The Morgan fingerprint density at radius 2 is 2.12 bits per heavy atom. The summed E-state index contributed by atoms with van der Waals surface area (Å²) in [6.45, 7) is 7.98. The molecular formula is C15H22O2. The molecular weight excluding hydrogens is 212 g/mol. The van der Waals surface area contributed by atoms with Crippen molar-refractivity contribution in [3.63, 3.8) is 0 Å². The minimum atomic E-state index is 0.221. The summed E-state index contributed by atoms with van der Waals surface area (Å²) in [4.78, 5) is 0. The molecule has 2 nitrogen and oxygen atoms in total. The number of methoxy groups -OCH3 is 1. The van der Waals surface area contributed by atoms with Crippen LogP contribution in [0.2, 0.25) is 0 Å². The van der Waals surface area contributed by atoms with Crippen LogP contribution in [-0.4, -0.2) is 13.2 Å². The standard InChI is InChI=1S/C15H22O2/c1-5-7-12(3)17-14-10-9-13(8-6-2)11-15(14)16-4/h6,9-12H,2,5,7-8H2,1,3-4H3. The Balaban J connectivity index is 2.80. The lowest BCUT2D eigenvalue weighted by Crippen LogP contribution is -2.11. The quantitative estimate of drug-likeness (QED) is 0.664. The predicted octanol–water partition coefficient (Wildman–Crippen LogP) is 3.99. The lowest BCUT2D eigenvalue weighted by atomic mass is 10.1. The molecule has 1 rings (SSSR count). The Bertz CT molecular complexity index is 358. The van der Waals surface area contributed by atoms with Gasteiger partial charge in [0.25, 0.3) is 0 Å². The Hall–Kier alpha value is -1.44. The van der Waals surface area contributed by atoms with E-state index in [2.05, 4.69) is 26.5 Å². The van der Waals surface area contributed by atoms with Crippen LogP contribution in [0.5, 0.6) is 11.5 Å². The van der Waals surface area contributed by atoms with Gasteiger partial charge in [0.1, 0.15) is 0 Å². The van der Waals surface area contributed by atoms with Gasteiger partial charge in [-0.3, -0.25) is 0 Å². The first kappa shape index (κ1) is 13.6. The zero-order valence-corrected chi connectivity index (χ0v) is 11.0. The van der Waals surface area contributed by atoms with E-state index in [4.69, 9.17) is 9.47 Å². The molecule has 1 unspecified atom stereocenters. The van der Waals surface area contributed by atoms with Gasteiger partial charge in [-0.1, -0.05) is 25.5 Å². The van der Waals surface area contributed by atoms with Crippen molar-refractivity contribution in [3.05, 3.63) is 36.4 Å². The summed E-state index contributed by atoms with van der Waals surface area (Å²) in [7, 11) is 1.67. The van der Waals surface area contributed by atoms with Crippen molar-refractivity contribution in [1.29, 1.82) is 0 Å². The highest BCUT2D eigenvalue weighted by atomic mass is 16.5. The molecule has 0 aliphatic heterocycles. The molecule has 0 saturated carbocycles. The fourth-order valence-corrected chi connectivity index (χ4v) is 1.79. The van der Waals surface area contributed by atoms with Crippen LogP contribution >= 0.6 is 0 Å². The Kier molecular flexibility index (Phi) is 5.61. The maximum Gasteiger partial charge on any atom is 0.161 e. The zero-order valence-electron chi connectivity index (χ0n) is 11.0. The van der Waals surface area contributed by atoms with Crippen molar-refractivity contribution in [2.45, 2.75) is 39.2 Å². The third-order valence-electron chi connectivity index (χ3n) is 2.63. The number of rotatable bonds is 7. The van der Waals surface area contributed by atoms with Crippen LogP contribution in [-0.2, 0) is 6.42 Å². The van der Waals surface area contributed by atoms with E-state index >= 15 is 0 Å². The molecule has 1 atom stereocenters. The molecule has 0 heterocycles. The van der Waals surface area contributed by atoms with E-state index in [1.165, 1.54) is 5.56 Å². The summed E-state index contributed by atoms with van der Waals surface area (Å²) < 4.78 is 11.2. The van der Waals surface area contributed by atoms with Crippen LogP contribution in [0.25, 0.3) is 0 Å². The minimum Gasteiger partial charge on any atom is -0.493 e. The van der Waals surface area contributed by atoms with E-state index in [-0.39, 0.29) is 6.10 Å². The van der Waals surface area contributed by atoms with Crippen molar-refractivity contribution in [3.8, 4) is 11.5 Å². The minimum absolute atomic E-state index is 0.221. The molecule has 0 radical (unpaired) electrons. The van der Waals surface area contributed by atoms with Crippen LogP contribution in [0.4, 0.5) is 0 Å². The smallest absolute Gasteiger partial charge is 0.161 e. The van der Waals surface area contributed by atoms with Gasteiger partial charge in [-0.15, -0.1) is 6.58 Å². The topological polar surface area (TPSA) is 18.5 Å². The molecule has 17 heavy (non-hydrogen) atoms. The second-order valence-electron chi connectivity index (χ2n) is 4.20. The summed E-state index contributed by atoms with van der Waals surface area (Å²) in [6.07, 6.45) is 5.13. The largest absolute Gasteiger partial charge is 0.493 e. The summed E-state index contributed by atoms with van der Waals surface area (Å²) in [5.41, 5.74) is 1.19.